The van der Waals surface area contributed by atoms with Crippen LogP contribution in [-0.2, 0) is 11.3 Å². The van der Waals surface area contributed by atoms with Gasteiger partial charge in [-0.15, -0.1) is 0 Å². The molecule has 3 amide bonds. The van der Waals surface area contributed by atoms with Crippen LogP contribution < -0.4 is 5.32 Å². The number of amides is 3. The minimum atomic E-state index is -0.839. The zero-order valence-electron chi connectivity index (χ0n) is 17.5. The van der Waals surface area contributed by atoms with E-state index < -0.39 is 5.54 Å². The summed E-state index contributed by atoms with van der Waals surface area (Å²) in [4.78, 5) is 30.4. The molecule has 2 heterocycles. The lowest BCUT2D eigenvalue weighted by molar-refractivity contribution is -0.151. The van der Waals surface area contributed by atoms with E-state index in [0.29, 0.717) is 13.0 Å². The number of hydrogen-bond donors (Lipinski definition) is 1. The summed E-state index contributed by atoms with van der Waals surface area (Å²) < 4.78 is 0. The van der Waals surface area contributed by atoms with Gasteiger partial charge >= 0.3 is 6.03 Å². The van der Waals surface area contributed by atoms with E-state index in [2.05, 4.69) is 51.9 Å². The maximum Gasteiger partial charge on any atom is 0.325 e. The molecule has 1 N–H and O–H groups in total. The number of nitrogens with zero attached hydrogens (tertiary/aromatic N) is 2. The molecule has 3 rings (SSSR count). The fraction of sp³-hybridized carbons (Fsp3) is 0.636. The highest BCUT2D eigenvalue weighted by molar-refractivity contribution is 6.07. The number of hydrogen-bond acceptors (Lipinski definition) is 3. The second-order valence-corrected chi connectivity index (χ2v) is 8.80. The summed E-state index contributed by atoms with van der Waals surface area (Å²) in [5.74, 6) is -0.0619. The molecule has 4 unspecified atom stereocenters. The van der Waals surface area contributed by atoms with Crippen molar-refractivity contribution in [2.24, 2.45) is 5.92 Å². The van der Waals surface area contributed by atoms with Gasteiger partial charge in [-0.3, -0.25) is 14.6 Å². The Bertz CT molecular complexity index is 736. The van der Waals surface area contributed by atoms with E-state index >= 15 is 0 Å². The number of piperidine rings is 1. The number of carbonyl (C=O) groups is 2. The summed E-state index contributed by atoms with van der Waals surface area (Å²) in [5.41, 5.74) is -0.193. The molecule has 2 aliphatic heterocycles. The SMILES string of the molecule is CCC1(C)CC2(NC(=O)N(Cc3ccccc3)C2=O)C(C)C(C)(CC)N1C. The summed E-state index contributed by atoms with van der Waals surface area (Å²) in [7, 11) is 2.17. The topological polar surface area (TPSA) is 52.7 Å². The Morgan fingerprint density at radius 3 is 2.30 bits per heavy atom. The minimum absolute atomic E-state index is 0.0110. The standard InChI is InChI=1S/C22H33N3O2/c1-7-20(4)15-22(16(3)21(5,8-2)24(20)6)18(26)25(19(27)23-22)14-17-12-10-9-11-13-17/h9-13,16H,7-8,14-15H2,1-6H3,(H,23,27). The van der Waals surface area contributed by atoms with E-state index in [4.69, 9.17) is 0 Å². The number of imide groups is 1. The van der Waals surface area contributed by atoms with Gasteiger partial charge in [-0.1, -0.05) is 51.1 Å². The van der Waals surface area contributed by atoms with Crippen molar-refractivity contribution in [3.63, 3.8) is 0 Å². The predicted molar refractivity (Wildman–Crippen MR) is 107 cm³/mol. The first-order valence-electron chi connectivity index (χ1n) is 10.1. The molecule has 0 radical (unpaired) electrons. The van der Waals surface area contributed by atoms with Gasteiger partial charge in [0.15, 0.2) is 0 Å². The number of rotatable bonds is 4. The summed E-state index contributed by atoms with van der Waals surface area (Å²) in [6, 6.07) is 9.45. The lowest BCUT2D eigenvalue weighted by atomic mass is 9.60. The number of carbonyl (C=O) groups excluding carboxylic acids is 2. The molecule has 2 fully saturated rings. The Morgan fingerprint density at radius 2 is 1.74 bits per heavy atom. The Hall–Kier alpha value is -1.88. The van der Waals surface area contributed by atoms with Crippen LogP contribution in [0.4, 0.5) is 4.79 Å². The number of nitrogens with one attached hydrogen (secondary N) is 1. The highest BCUT2D eigenvalue weighted by Gasteiger charge is 2.65. The fourth-order valence-corrected chi connectivity index (χ4v) is 5.18. The fourth-order valence-electron chi connectivity index (χ4n) is 5.18. The third kappa shape index (κ3) is 2.78. The molecule has 148 valence electrons. The van der Waals surface area contributed by atoms with Gasteiger partial charge in [-0.25, -0.2) is 4.79 Å². The molecule has 0 aromatic heterocycles. The highest BCUT2D eigenvalue weighted by atomic mass is 16.2. The second-order valence-electron chi connectivity index (χ2n) is 8.80. The lowest BCUT2D eigenvalue weighted by Gasteiger charge is -2.62. The molecule has 0 bridgehead atoms. The zero-order valence-corrected chi connectivity index (χ0v) is 17.5. The monoisotopic (exact) mass is 371 g/mol. The first-order valence-corrected chi connectivity index (χ1v) is 10.1. The average Bonchev–Trinajstić information content (AvgIpc) is 2.90. The molecule has 1 aromatic carbocycles. The maximum absolute atomic E-state index is 13.6. The largest absolute Gasteiger partial charge is 0.325 e. The van der Waals surface area contributed by atoms with Crippen LogP contribution in [0, 0.1) is 5.92 Å². The van der Waals surface area contributed by atoms with Crippen LogP contribution in [0.1, 0.15) is 59.4 Å². The summed E-state index contributed by atoms with van der Waals surface area (Å²) in [5, 5.41) is 3.15. The lowest BCUT2D eigenvalue weighted by Crippen LogP contribution is -2.74. The summed E-state index contributed by atoms with van der Waals surface area (Å²) in [6.07, 6.45) is 2.48. The number of benzene rings is 1. The Balaban J connectivity index is 2.01. The van der Waals surface area contributed by atoms with Crippen molar-refractivity contribution in [2.45, 2.75) is 77.0 Å². The van der Waals surface area contributed by atoms with E-state index in [-0.39, 0.29) is 28.9 Å². The van der Waals surface area contributed by atoms with Crippen LogP contribution in [0.15, 0.2) is 30.3 Å². The summed E-state index contributed by atoms with van der Waals surface area (Å²) >= 11 is 0. The molecular weight excluding hydrogens is 338 g/mol. The van der Waals surface area contributed by atoms with E-state index in [0.717, 1.165) is 18.4 Å². The molecule has 2 saturated heterocycles. The molecule has 2 aliphatic rings. The van der Waals surface area contributed by atoms with Crippen molar-refractivity contribution in [3.05, 3.63) is 35.9 Å². The van der Waals surface area contributed by atoms with Gasteiger partial charge in [0.1, 0.15) is 5.54 Å². The van der Waals surface area contributed by atoms with Crippen molar-refractivity contribution >= 4 is 11.9 Å². The second kappa shape index (κ2) is 6.62. The van der Waals surface area contributed by atoms with Crippen LogP contribution >= 0.6 is 0 Å². The van der Waals surface area contributed by atoms with Gasteiger partial charge in [-0.2, -0.15) is 0 Å². The molecule has 5 nitrogen and oxygen atoms in total. The molecule has 0 aliphatic carbocycles. The molecule has 5 heteroatoms. The number of likely N-dealkylation sites (tertiary alicyclic amines) is 1. The van der Waals surface area contributed by atoms with Crippen LogP contribution in [0.2, 0.25) is 0 Å². The van der Waals surface area contributed by atoms with E-state index in [9.17, 15) is 9.59 Å². The van der Waals surface area contributed by atoms with Gasteiger partial charge < -0.3 is 5.32 Å². The van der Waals surface area contributed by atoms with Crippen LogP contribution in [0.5, 0.6) is 0 Å². The van der Waals surface area contributed by atoms with E-state index in [1.807, 2.05) is 30.3 Å². The maximum atomic E-state index is 13.6. The van der Waals surface area contributed by atoms with Gasteiger partial charge in [0, 0.05) is 17.0 Å². The summed E-state index contributed by atoms with van der Waals surface area (Å²) in [6.45, 7) is 11.2. The van der Waals surface area contributed by atoms with Crippen LogP contribution in [0.3, 0.4) is 0 Å². The Labute approximate surface area is 163 Å². The molecule has 1 spiro atoms. The average molecular weight is 372 g/mol. The van der Waals surface area contributed by atoms with Crippen molar-refractivity contribution in [3.8, 4) is 0 Å². The Kier molecular flexibility index (Phi) is 4.87. The van der Waals surface area contributed by atoms with Crippen molar-refractivity contribution in [1.29, 1.82) is 0 Å². The molecule has 27 heavy (non-hydrogen) atoms. The third-order valence-electron chi connectivity index (χ3n) is 7.77. The van der Waals surface area contributed by atoms with Crippen molar-refractivity contribution in [1.82, 2.24) is 15.1 Å². The van der Waals surface area contributed by atoms with Crippen LogP contribution in [0.25, 0.3) is 0 Å². The predicted octanol–water partition coefficient (Wildman–Crippen LogP) is 3.79. The first kappa shape index (κ1) is 19.9. The molecule has 0 saturated carbocycles. The normalized spacial score (nSPS) is 37.1. The smallest absolute Gasteiger partial charge is 0.323 e. The van der Waals surface area contributed by atoms with Gasteiger partial charge in [0.2, 0.25) is 0 Å². The molecule has 4 atom stereocenters. The highest BCUT2D eigenvalue weighted by Crippen LogP contribution is 2.51. The van der Waals surface area contributed by atoms with E-state index in [1.165, 1.54) is 4.90 Å². The first-order chi connectivity index (χ1) is 12.6. The molecular formula is C22H33N3O2. The van der Waals surface area contributed by atoms with Crippen molar-refractivity contribution < 1.29 is 9.59 Å². The zero-order chi connectivity index (χ0) is 20.0. The minimum Gasteiger partial charge on any atom is -0.323 e. The quantitative estimate of drug-likeness (QED) is 0.820. The molecule has 1 aromatic rings. The van der Waals surface area contributed by atoms with Crippen molar-refractivity contribution in [2.75, 3.05) is 7.05 Å². The Morgan fingerprint density at radius 1 is 1.11 bits per heavy atom. The third-order valence-corrected chi connectivity index (χ3v) is 7.77. The van der Waals surface area contributed by atoms with E-state index in [1.54, 1.807) is 0 Å². The van der Waals surface area contributed by atoms with Gasteiger partial charge in [0.05, 0.1) is 6.54 Å². The van der Waals surface area contributed by atoms with Gasteiger partial charge in [-0.05, 0) is 45.7 Å². The van der Waals surface area contributed by atoms with Crippen LogP contribution in [-0.4, -0.2) is 45.4 Å². The van der Waals surface area contributed by atoms with Gasteiger partial charge in [0.25, 0.3) is 5.91 Å². The number of urea groups is 1.